The molecule has 7 aromatic rings. The Morgan fingerprint density at radius 3 is 1.33 bits per heavy atom. The molecule has 16 heteroatoms. The minimum atomic E-state index is -0.647. The highest BCUT2D eigenvalue weighted by molar-refractivity contribution is 5.93. The Kier molecular flexibility index (Phi) is 22.1. The Morgan fingerprint density at radius 1 is 0.547 bits per heavy atom. The molecule has 75 heavy (non-hydrogen) atoms. The molecule has 0 radical (unpaired) electrons. The van der Waals surface area contributed by atoms with Gasteiger partial charge in [-0.2, -0.15) is 0 Å². The monoisotopic (exact) mass is 1020 g/mol. The van der Waals surface area contributed by atoms with Crippen molar-refractivity contribution in [2.75, 3.05) is 34.0 Å². The molecule has 386 valence electrons. The van der Waals surface area contributed by atoms with Crippen LogP contribution in [0.25, 0.3) is 10.8 Å². The minimum Gasteiger partial charge on any atom is -0.465 e. The Bertz CT molecular complexity index is 3070. The maximum Gasteiger partial charge on any atom is 0.338 e. The van der Waals surface area contributed by atoms with E-state index in [1.54, 1.807) is 159 Å². The second kappa shape index (κ2) is 29.3. The summed E-state index contributed by atoms with van der Waals surface area (Å²) in [6, 6.07) is 45.4. The maximum atomic E-state index is 13.8. The third kappa shape index (κ3) is 15.4. The Hall–Kier alpha value is -9.31. The number of esters is 5. The summed E-state index contributed by atoms with van der Waals surface area (Å²) in [6.07, 6.45) is 4.41. The van der Waals surface area contributed by atoms with Crippen molar-refractivity contribution in [2.24, 2.45) is 5.92 Å². The van der Waals surface area contributed by atoms with Crippen molar-refractivity contribution in [1.82, 2.24) is 9.36 Å². The number of fused-ring (bicyclic) bond motifs is 2. The largest absolute Gasteiger partial charge is 0.465 e. The summed E-state index contributed by atoms with van der Waals surface area (Å²) >= 11 is 0. The lowest BCUT2D eigenvalue weighted by Crippen LogP contribution is -2.38. The van der Waals surface area contributed by atoms with E-state index in [9.17, 15) is 43.2 Å². The quantitative estimate of drug-likeness (QED) is 0.0291. The molecule has 3 atom stereocenters. The summed E-state index contributed by atoms with van der Waals surface area (Å²) in [7, 11) is 2.59. The van der Waals surface area contributed by atoms with E-state index in [1.807, 2.05) is 18.2 Å². The lowest BCUT2D eigenvalue weighted by atomic mass is 9.92. The predicted molar refractivity (Wildman–Crippen MR) is 280 cm³/mol. The number of unbranched alkanes of at least 4 members (excludes halogenated alkanes) is 1. The Morgan fingerprint density at radius 2 is 0.933 bits per heavy atom. The van der Waals surface area contributed by atoms with Crippen LogP contribution in [0, 0.1) is 5.92 Å². The van der Waals surface area contributed by atoms with E-state index >= 15 is 0 Å². The SMILES string of the molecule is C=CCOC(=O)c1ccccc1.CC(C=O)COC(=O)c1ccccc1.COC(=O)c1ccccc1[C@H]1C[C@H](c2ccccc2C(=O)OC)n2c(=O)c3ccccc3c(=O)n21.O=CCCCOC(=O)c1ccccc1. The Balaban J connectivity index is 0.000000214. The number of methoxy groups -OCH3 is 2. The van der Waals surface area contributed by atoms with Crippen LogP contribution in [0.4, 0.5) is 0 Å². The van der Waals surface area contributed by atoms with Gasteiger partial charge >= 0.3 is 29.8 Å². The number of aldehydes is 2. The molecule has 1 aromatic heterocycles. The van der Waals surface area contributed by atoms with Crippen LogP contribution in [-0.4, -0.2) is 85.8 Å². The third-order valence-corrected chi connectivity index (χ3v) is 11.3. The smallest absolute Gasteiger partial charge is 0.338 e. The van der Waals surface area contributed by atoms with E-state index in [4.69, 9.17) is 23.7 Å². The molecule has 0 spiro atoms. The molecular weight excluding hydrogens is 961 g/mol. The van der Waals surface area contributed by atoms with Crippen molar-refractivity contribution in [3.05, 3.63) is 236 Å². The first-order valence-electron chi connectivity index (χ1n) is 23.7. The van der Waals surface area contributed by atoms with Gasteiger partial charge in [-0.15, -0.1) is 0 Å². The highest BCUT2D eigenvalue weighted by atomic mass is 16.5. The number of hydrogen-bond donors (Lipinski definition) is 0. The summed E-state index contributed by atoms with van der Waals surface area (Å²) in [4.78, 5) is 107. The van der Waals surface area contributed by atoms with E-state index < -0.39 is 24.0 Å². The van der Waals surface area contributed by atoms with Crippen LogP contribution in [0.1, 0.15) is 101 Å². The van der Waals surface area contributed by atoms with E-state index in [2.05, 4.69) is 6.58 Å². The van der Waals surface area contributed by atoms with E-state index in [1.165, 1.54) is 23.6 Å². The molecule has 16 nitrogen and oxygen atoms in total. The van der Waals surface area contributed by atoms with Gasteiger partial charge in [0, 0.05) is 18.8 Å². The first kappa shape index (κ1) is 56.6. The molecule has 0 N–H and O–H groups in total. The molecule has 0 aliphatic carbocycles. The van der Waals surface area contributed by atoms with Crippen molar-refractivity contribution in [2.45, 2.75) is 38.3 Å². The highest BCUT2D eigenvalue weighted by Crippen LogP contribution is 2.40. The molecule has 6 aromatic carbocycles. The van der Waals surface area contributed by atoms with Gasteiger partial charge in [0.2, 0.25) is 0 Å². The molecular formula is C59H56N2O14. The van der Waals surface area contributed by atoms with Crippen molar-refractivity contribution in [3.63, 3.8) is 0 Å². The van der Waals surface area contributed by atoms with E-state index in [0.29, 0.717) is 58.4 Å². The average molecular weight is 1020 g/mol. The fraction of sp³-hybridized carbons (Fsp3) is 0.203. The highest BCUT2D eigenvalue weighted by Gasteiger charge is 2.38. The summed E-state index contributed by atoms with van der Waals surface area (Å²) < 4.78 is 27.4. The van der Waals surface area contributed by atoms with Gasteiger partial charge in [0.15, 0.2) is 0 Å². The number of rotatable bonds is 16. The second-order valence-electron chi connectivity index (χ2n) is 16.4. The van der Waals surface area contributed by atoms with Gasteiger partial charge in [-0.05, 0) is 78.2 Å². The normalized spacial score (nSPS) is 13.2. The maximum absolute atomic E-state index is 13.8. The molecule has 0 amide bonds. The van der Waals surface area contributed by atoms with Crippen LogP contribution >= 0.6 is 0 Å². The standard InChI is InChI=1S/C27H22N2O6.2C11H12O3.C10H10O2/c1-34-26(32)20-13-7-3-9-16(20)22-15-23(17-10-4-8-14-21(17)27(33)35-2)29-25(31)19-12-6-5-11-18(19)24(30)28(22)29;1-9(7-12)8-14-11(13)10-5-3-2-4-6-10;12-8-4-5-9-14-11(13)10-6-2-1-3-7-10;1-2-8-12-10(11)9-6-4-3-5-7-9/h3-14,22-23H,15H2,1-2H3;2-7,9H,8H2,1H3;1-3,6-8H,4-5,9H2;2-7H,1,8H2/t22-,23-;;;/m1.../s1. The molecule has 1 aliphatic rings. The van der Waals surface area contributed by atoms with Crippen LogP contribution in [0.2, 0.25) is 0 Å². The summed E-state index contributed by atoms with van der Waals surface area (Å²) in [5.41, 5.74) is 2.63. The number of nitrogens with zero attached hydrogens (tertiary/aromatic N) is 2. The fourth-order valence-corrected chi connectivity index (χ4v) is 7.66. The molecule has 0 saturated carbocycles. The minimum absolute atomic E-state index is 0.136. The van der Waals surface area contributed by atoms with Gasteiger partial charge in [0.1, 0.15) is 25.8 Å². The zero-order chi connectivity index (χ0) is 54.1. The van der Waals surface area contributed by atoms with Crippen molar-refractivity contribution < 1.29 is 57.2 Å². The van der Waals surface area contributed by atoms with Crippen LogP contribution in [0.5, 0.6) is 0 Å². The molecule has 1 unspecified atom stereocenters. The van der Waals surface area contributed by atoms with Crippen molar-refractivity contribution in [3.8, 4) is 0 Å². The van der Waals surface area contributed by atoms with Crippen LogP contribution in [-0.2, 0) is 33.3 Å². The van der Waals surface area contributed by atoms with Gasteiger partial charge in [-0.3, -0.25) is 9.59 Å². The molecule has 2 heterocycles. The molecule has 0 bridgehead atoms. The van der Waals surface area contributed by atoms with Crippen LogP contribution in [0.15, 0.2) is 186 Å². The molecule has 0 fully saturated rings. The van der Waals surface area contributed by atoms with Gasteiger partial charge in [0.25, 0.3) is 11.1 Å². The van der Waals surface area contributed by atoms with Gasteiger partial charge < -0.3 is 33.3 Å². The first-order valence-corrected chi connectivity index (χ1v) is 23.7. The first-order chi connectivity index (χ1) is 36.4. The number of hydrogen-bond acceptors (Lipinski definition) is 14. The average Bonchev–Trinajstić information content (AvgIpc) is 3.91. The number of ether oxygens (including phenoxy) is 5. The third-order valence-electron chi connectivity index (χ3n) is 11.3. The zero-order valence-electron chi connectivity index (χ0n) is 41.6. The predicted octanol–water partition coefficient (Wildman–Crippen LogP) is 8.85. The molecule has 8 rings (SSSR count). The van der Waals surface area contributed by atoms with E-state index in [0.717, 1.165) is 12.6 Å². The molecule has 0 saturated heterocycles. The van der Waals surface area contributed by atoms with Crippen molar-refractivity contribution >= 4 is 53.2 Å². The van der Waals surface area contributed by atoms with Crippen LogP contribution in [0.3, 0.4) is 0 Å². The number of carbonyl (C=O) groups excluding carboxylic acids is 7. The van der Waals surface area contributed by atoms with Crippen molar-refractivity contribution in [1.29, 1.82) is 0 Å². The summed E-state index contributed by atoms with van der Waals surface area (Å²) in [5.74, 6) is -2.36. The number of carbonyl (C=O) groups is 7. The second-order valence-corrected chi connectivity index (χ2v) is 16.4. The lowest BCUT2D eigenvalue weighted by Gasteiger charge is -2.18. The number of aromatic nitrogens is 2. The van der Waals surface area contributed by atoms with Crippen LogP contribution < -0.4 is 11.1 Å². The Labute approximate surface area is 432 Å². The van der Waals surface area contributed by atoms with Gasteiger partial charge in [0.05, 0.1) is 71.5 Å². The molecule has 1 aliphatic heterocycles. The number of benzene rings is 6. The fourth-order valence-electron chi connectivity index (χ4n) is 7.66. The topological polar surface area (TPSA) is 210 Å². The summed E-state index contributed by atoms with van der Waals surface area (Å²) in [5, 5.41) is 0.576. The summed E-state index contributed by atoms with van der Waals surface area (Å²) in [6.45, 7) is 5.84. The lowest BCUT2D eigenvalue weighted by molar-refractivity contribution is -0.111. The zero-order valence-corrected chi connectivity index (χ0v) is 41.6. The van der Waals surface area contributed by atoms with Gasteiger partial charge in [-0.1, -0.05) is 123 Å². The van der Waals surface area contributed by atoms with Gasteiger partial charge in [-0.25, -0.2) is 33.3 Å². The van der Waals surface area contributed by atoms with E-state index in [-0.39, 0.29) is 65.4 Å².